The number of rotatable bonds is 8. The molecule has 0 fully saturated rings. The van der Waals surface area contributed by atoms with Gasteiger partial charge in [0.15, 0.2) is 4.34 Å². The first kappa shape index (κ1) is 19.1. The van der Waals surface area contributed by atoms with Crippen molar-refractivity contribution in [2.24, 2.45) is 0 Å². The molecule has 0 aliphatic carbocycles. The number of benzene rings is 1. The summed E-state index contributed by atoms with van der Waals surface area (Å²) in [6.45, 7) is 2.47. The first-order chi connectivity index (χ1) is 12.0. The van der Waals surface area contributed by atoms with Crippen LogP contribution in [0.25, 0.3) is 0 Å². The van der Waals surface area contributed by atoms with Gasteiger partial charge >= 0.3 is 0 Å². The molecule has 2 rings (SSSR count). The highest BCUT2D eigenvalue weighted by Gasteiger charge is 2.16. The Bertz CT molecular complexity index is 723. The van der Waals surface area contributed by atoms with Gasteiger partial charge in [-0.2, -0.15) is 0 Å². The van der Waals surface area contributed by atoms with Crippen molar-refractivity contribution >= 4 is 40.0 Å². The quantitative estimate of drug-likeness (QED) is 0.670. The Morgan fingerprint density at radius 2 is 2.04 bits per heavy atom. The summed E-state index contributed by atoms with van der Waals surface area (Å²) >= 11 is 2.45. The highest BCUT2D eigenvalue weighted by Crippen LogP contribution is 2.23. The average molecular weight is 383 g/mol. The van der Waals surface area contributed by atoms with E-state index in [-0.39, 0.29) is 36.5 Å². The maximum atomic E-state index is 12.8. The summed E-state index contributed by atoms with van der Waals surface area (Å²) in [6, 6.07) is 5.87. The number of aromatic nitrogens is 2. The van der Waals surface area contributed by atoms with Crippen LogP contribution in [-0.2, 0) is 16.1 Å². The standard InChI is InChI=1S/C15H18FN5O2S2/c1-2-21(13(23)9-24-15-20-19-14(17)25-15)8-12(22)18-7-10-3-5-11(16)6-4-10/h3-6H,2,7-9H2,1H3,(H2,17,19)(H,18,22). The molecule has 0 saturated carbocycles. The van der Waals surface area contributed by atoms with E-state index in [9.17, 15) is 14.0 Å². The molecule has 2 amide bonds. The number of halogens is 1. The van der Waals surface area contributed by atoms with Crippen LogP contribution in [0.15, 0.2) is 28.6 Å². The first-order valence-electron chi connectivity index (χ1n) is 7.48. The van der Waals surface area contributed by atoms with Crippen molar-refractivity contribution in [3.05, 3.63) is 35.6 Å². The summed E-state index contributed by atoms with van der Waals surface area (Å²) in [4.78, 5) is 25.7. The van der Waals surface area contributed by atoms with Crippen LogP contribution < -0.4 is 11.1 Å². The van der Waals surface area contributed by atoms with Gasteiger partial charge in [-0.15, -0.1) is 10.2 Å². The number of likely N-dealkylation sites (N-methyl/N-ethyl adjacent to an activating group) is 1. The lowest BCUT2D eigenvalue weighted by atomic mass is 10.2. The number of hydrogen-bond acceptors (Lipinski definition) is 7. The topological polar surface area (TPSA) is 101 Å². The van der Waals surface area contributed by atoms with Crippen molar-refractivity contribution in [1.29, 1.82) is 0 Å². The fourth-order valence-corrected chi connectivity index (χ4v) is 3.44. The predicted molar refractivity (Wildman–Crippen MR) is 95.5 cm³/mol. The molecule has 0 bridgehead atoms. The third-order valence-corrected chi connectivity index (χ3v) is 5.08. The molecular formula is C15H18FN5O2S2. The maximum Gasteiger partial charge on any atom is 0.239 e. The highest BCUT2D eigenvalue weighted by atomic mass is 32.2. The zero-order valence-corrected chi connectivity index (χ0v) is 15.2. The normalized spacial score (nSPS) is 10.5. The summed E-state index contributed by atoms with van der Waals surface area (Å²) in [5, 5.41) is 10.6. The number of nitrogens with two attached hydrogens (primary N) is 1. The minimum atomic E-state index is -0.326. The molecule has 0 aliphatic heterocycles. The van der Waals surface area contributed by atoms with Gasteiger partial charge in [0.1, 0.15) is 5.82 Å². The fraction of sp³-hybridized carbons (Fsp3) is 0.333. The average Bonchev–Trinajstić information content (AvgIpc) is 3.02. The van der Waals surface area contributed by atoms with Gasteiger partial charge in [0.05, 0.1) is 12.3 Å². The Morgan fingerprint density at radius 1 is 1.32 bits per heavy atom. The van der Waals surface area contributed by atoms with E-state index in [0.29, 0.717) is 16.0 Å². The van der Waals surface area contributed by atoms with E-state index < -0.39 is 0 Å². The van der Waals surface area contributed by atoms with Crippen LogP contribution in [0, 0.1) is 5.82 Å². The van der Waals surface area contributed by atoms with E-state index in [0.717, 1.165) is 5.56 Å². The molecule has 1 aromatic carbocycles. The van der Waals surface area contributed by atoms with Crippen LogP contribution >= 0.6 is 23.1 Å². The summed E-state index contributed by atoms with van der Waals surface area (Å²) in [6.07, 6.45) is 0. The van der Waals surface area contributed by atoms with E-state index in [4.69, 9.17) is 5.73 Å². The number of amides is 2. The zero-order chi connectivity index (χ0) is 18.2. The van der Waals surface area contributed by atoms with Gasteiger partial charge in [0.2, 0.25) is 16.9 Å². The summed E-state index contributed by atoms with van der Waals surface area (Å²) < 4.78 is 13.5. The van der Waals surface area contributed by atoms with Crippen LogP contribution in [0.4, 0.5) is 9.52 Å². The van der Waals surface area contributed by atoms with Gasteiger partial charge in [-0.3, -0.25) is 9.59 Å². The lowest BCUT2D eigenvalue weighted by Gasteiger charge is -2.20. The third kappa shape index (κ3) is 6.31. The smallest absolute Gasteiger partial charge is 0.239 e. The lowest BCUT2D eigenvalue weighted by Crippen LogP contribution is -2.41. The van der Waals surface area contributed by atoms with Gasteiger partial charge in [-0.05, 0) is 24.6 Å². The largest absolute Gasteiger partial charge is 0.374 e. The number of nitrogens with one attached hydrogen (secondary N) is 1. The molecule has 0 aliphatic rings. The predicted octanol–water partition coefficient (Wildman–Crippen LogP) is 1.52. The van der Waals surface area contributed by atoms with Gasteiger partial charge in [-0.1, -0.05) is 35.2 Å². The molecule has 7 nitrogen and oxygen atoms in total. The molecule has 1 aromatic heterocycles. The van der Waals surface area contributed by atoms with Crippen molar-refractivity contribution in [2.75, 3.05) is 24.6 Å². The third-order valence-electron chi connectivity index (χ3n) is 3.21. The number of carbonyl (C=O) groups is 2. The Kier molecular flexibility index (Phi) is 7.14. The molecule has 10 heteroatoms. The van der Waals surface area contributed by atoms with E-state index >= 15 is 0 Å². The van der Waals surface area contributed by atoms with Crippen molar-refractivity contribution in [1.82, 2.24) is 20.4 Å². The van der Waals surface area contributed by atoms with Gasteiger partial charge in [0.25, 0.3) is 0 Å². The van der Waals surface area contributed by atoms with E-state index in [1.165, 1.54) is 40.1 Å². The molecule has 25 heavy (non-hydrogen) atoms. The van der Waals surface area contributed by atoms with Crippen molar-refractivity contribution in [2.45, 2.75) is 17.8 Å². The van der Waals surface area contributed by atoms with Crippen molar-refractivity contribution in [3.8, 4) is 0 Å². The molecule has 1 heterocycles. The lowest BCUT2D eigenvalue weighted by molar-refractivity contribution is -0.133. The number of carbonyl (C=O) groups excluding carboxylic acids is 2. The van der Waals surface area contributed by atoms with E-state index in [1.54, 1.807) is 19.1 Å². The van der Waals surface area contributed by atoms with Crippen molar-refractivity contribution < 1.29 is 14.0 Å². The van der Waals surface area contributed by atoms with Crippen LogP contribution in [0.1, 0.15) is 12.5 Å². The Morgan fingerprint density at radius 3 is 2.64 bits per heavy atom. The molecule has 0 saturated heterocycles. The number of thioether (sulfide) groups is 1. The second-order valence-electron chi connectivity index (χ2n) is 5.01. The fourth-order valence-electron chi connectivity index (χ4n) is 1.90. The summed E-state index contributed by atoms with van der Waals surface area (Å²) in [5.74, 6) is -0.608. The second-order valence-corrected chi connectivity index (χ2v) is 7.24. The minimum Gasteiger partial charge on any atom is -0.374 e. The first-order valence-corrected chi connectivity index (χ1v) is 9.29. The Balaban J connectivity index is 1.77. The second kappa shape index (κ2) is 9.33. The number of hydrogen-bond donors (Lipinski definition) is 2. The molecule has 2 aromatic rings. The van der Waals surface area contributed by atoms with Gasteiger partial charge in [0, 0.05) is 13.1 Å². The van der Waals surface area contributed by atoms with Crippen LogP contribution in [0.3, 0.4) is 0 Å². The number of nitrogens with zero attached hydrogens (tertiary/aromatic N) is 3. The number of anilines is 1. The van der Waals surface area contributed by atoms with E-state index in [1.807, 2.05) is 0 Å². The maximum absolute atomic E-state index is 12.8. The molecule has 0 spiro atoms. The summed E-state index contributed by atoms with van der Waals surface area (Å²) in [7, 11) is 0. The monoisotopic (exact) mass is 383 g/mol. The van der Waals surface area contributed by atoms with Gasteiger partial charge < -0.3 is 16.0 Å². The Hall–Kier alpha value is -2.20. The zero-order valence-electron chi connectivity index (χ0n) is 13.6. The molecule has 0 radical (unpaired) electrons. The molecule has 0 unspecified atom stereocenters. The summed E-state index contributed by atoms with van der Waals surface area (Å²) in [5.41, 5.74) is 6.27. The minimum absolute atomic E-state index is 0.0324. The van der Waals surface area contributed by atoms with Crippen molar-refractivity contribution in [3.63, 3.8) is 0 Å². The Labute approximate surface area is 152 Å². The molecule has 134 valence electrons. The molecule has 0 atom stereocenters. The van der Waals surface area contributed by atoms with Gasteiger partial charge in [-0.25, -0.2) is 4.39 Å². The SMILES string of the molecule is CCN(CC(=O)NCc1ccc(F)cc1)C(=O)CSc1nnc(N)s1. The van der Waals surface area contributed by atoms with Crippen LogP contribution in [-0.4, -0.2) is 45.8 Å². The van der Waals surface area contributed by atoms with Crippen LogP contribution in [0.5, 0.6) is 0 Å². The number of nitrogen functional groups attached to an aromatic ring is 1. The van der Waals surface area contributed by atoms with Crippen LogP contribution in [0.2, 0.25) is 0 Å². The molecular weight excluding hydrogens is 365 g/mol. The van der Waals surface area contributed by atoms with E-state index in [2.05, 4.69) is 15.5 Å². The highest BCUT2D eigenvalue weighted by molar-refractivity contribution is 8.01. The molecule has 3 N–H and O–H groups in total.